The minimum Gasteiger partial charge on any atom is -0.489 e. The van der Waals surface area contributed by atoms with Crippen molar-refractivity contribution >= 4 is 113 Å². The molecule has 3 saturated heterocycles. The topological polar surface area (TPSA) is 576 Å². The molecule has 7 rings (SSSR count). The van der Waals surface area contributed by atoms with Gasteiger partial charge in [0.15, 0.2) is 0 Å². The van der Waals surface area contributed by atoms with Crippen LogP contribution < -0.4 is 52.4 Å². The molecule has 0 unspecified atom stereocenters. The maximum atomic E-state index is 13.9. The Morgan fingerprint density at radius 2 is 0.959 bits per heavy atom. The predicted octanol–water partition coefficient (Wildman–Crippen LogP) is 8.21. The van der Waals surface area contributed by atoms with Crippen LogP contribution in [0.2, 0.25) is 0 Å². The first-order valence-electron chi connectivity index (χ1n) is 37.7. The number of rotatable bonds is 36. The van der Waals surface area contributed by atoms with Crippen LogP contribution in [0.1, 0.15) is 138 Å². The fourth-order valence-electron chi connectivity index (χ4n) is 9.64. The van der Waals surface area contributed by atoms with Gasteiger partial charge < -0.3 is 95.4 Å². The van der Waals surface area contributed by atoms with Gasteiger partial charge >= 0.3 is 66.0 Å². The second-order valence-corrected chi connectivity index (χ2v) is 29.7. The van der Waals surface area contributed by atoms with E-state index in [1.54, 1.807) is 65.8 Å². The van der Waals surface area contributed by atoms with E-state index in [2.05, 4.69) is 76.2 Å². The smallest absolute Gasteiger partial charge is 0.415 e. The molecule has 0 saturated carbocycles. The van der Waals surface area contributed by atoms with Crippen LogP contribution in [0.25, 0.3) is 20.9 Å². The van der Waals surface area contributed by atoms with E-state index in [9.17, 15) is 71.9 Å². The number of amides is 7. The number of carbonyl (C=O) groups is 15. The molecule has 4 aromatic rings. The van der Waals surface area contributed by atoms with E-state index in [0.717, 1.165) is 22.4 Å². The number of azide groups is 2. The summed E-state index contributed by atoms with van der Waals surface area (Å²) in [6, 6.07) is 28.6. The maximum absolute atomic E-state index is 13.9. The fraction of sp³-hybridized carbons (Fsp3) is 0.506. The highest BCUT2D eigenvalue weighted by Crippen LogP contribution is 2.20. The normalized spacial score (nSPS) is 14.8. The van der Waals surface area contributed by atoms with E-state index in [0.29, 0.717) is 76.0 Å². The van der Waals surface area contributed by atoms with Crippen molar-refractivity contribution in [2.45, 2.75) is 194 Å². The number of carboxylic acid groups (broad SMARTS) is 1. The highest BCUT2D eigenvalue weighted by molar-refractivity contribution is 6.52. The van der Waals surface area contributed by atoms with Crippen molar-refractivity contribution in [1.82, 2.24) is 37.2 Å². The summed E-state index contributed by atoms with van der Waals surface area (Å²) in [6.45, 7) is 24.8. The molecule has 3 fully saturated rings. The van der Waals surface area contributed by atoms with Crippen molar-refractivity contribution in [3.05, 3.63) is 152 Å². The first kappa shape index (κ1) is 107. The zero-order valence-corrected chi connectivity index (χ0v) is 71.1. The molecule has 10 N–H and O–H groups in total. The van der Waals surface area contributed by atoms with Gasteiger partial charge in [-0.2, -0.15) is 0 Å². The van der Waals surface area contributed by atoms with Crippen molar-refractivity contribution in [3.8, 4) is 11.5 Å². The minimum atomic E-state index is -1.36. The third-order valence-electron chi connectivity index (χ3n) is 14.6. The molecule has 121 heavy (non-hydrogen) atoms. The predicted molar refractivity (Wildman–Crippen MR) is 436 cm³/mol. The van der Waals surface area contributed by atoms with Gasteiger partial charge in [0.05, 0.1) is 39.3 Å². The van der Waals surface area contributed by atoms with Crippen molar-refractivity contribution in [2.24, 2.45) is 27.8 Å². The minimum absolute atomic E-state index is 0.0187. The number of alkyl halides is 2. The molecule has 0 aliphatic carbocycles. The third kappa shape index (κ3) is 53.1. The van der Waals surface area contributed by atoms with Crippen LogP contribution >= 0.6 is 23.2 Å². The van der Waals surface area contributed by atoms with E-state index in [1.165, 1.54) is 20.8 Å². The molecule has 40 nitrogen and oxygen atoms in total. The second-order valence-electron chi connectivity index (χ2n) is 28.6. The zero-order valence-electron chi connectivity index (χ0n) is 69.6. The molecule has 664 valence electrons. The van der Waals surface area contributed by atoms with Crippen LogP contribution in [0.15, 0.2) is 119 Å². The summed E-state index contributed by atoms with van der Waals surface area (Å²) >= 11 is 9.56. The Labute approximate surface area is 709 Å². The molecular weight excluding hydrogens is 1630 g/mol. The number of hydrogen-bond donors (Lipinski definition) is 9. The summed E-state index contributed by atoms with van der Waals surface area (Å²) in [5, 5.41) is 32.1. The van der Waals surface area contributed by atoms with E-state index in [1.807, 2.05) is 113 Å². The highest BCUT2D eigenvalue weighted by Gasteiger charge is 2.37. The van der Waals surface area contributed by atoms with Crippen LogP contribution in [0.3, 0.4) is 0 Å². The number of benzene rings is 4. The average Bonchev–Trinajstić information content (AvgIpc) is 1.77. The molecule has 4 aromatic carbocycles. The Morgan fingerprint density at radius 1 is 0.537 bits per heavy atom. The van der Waals surface area contributed by atoms with Crippen molar-refractivity contribution in [3.63, 3.8) is 0 Å². The van der Waals surface area contributed by atoms with Gasteiger partial charge in [-0.3, -0.25) is 38.4 Å². The summed E-state index contributed by atoms with van der Waals surface area (Å²) < 4.78 is 49.1. The van der Waals surface area contributed by atoms with Gasteiger partial charge in [-0.15, -0.1) is 0 Å². The number of alkyl carbamates (subject to hydrolysis) is 3. The van der Waals surface area contributed by atoms with Crippen LogP contribution in [0.4, 0.5) is 14.4 Å². The van der Waals surface area contributed by atoms with Gasteiger partial charge in [0, 0.05) is 69.6 Å². The van der Waals surface area contributed by atoms with Crippen LogP contribution in [-0.2, 0) is 121 Å². The molecule has 0 bridgehead atoms. The number of esters is 7. The molecule has 3 aliphatic heterocycles. The lowest BCUT2D eigenvalue weighted by Crippen LogP contribution is -2.58. The van der Waals surface area contributed by atoms with Crippen LogP contribution in [0.5, 0.6) is 11.5 Å². The number of carbonyl (C=O) groups excluding carboxylic acids is 14. The molecule has 3 aliphatic rings. The van der Waals surface area contributed by atoms with Gasteiger partial charge in [0.2, 0.25) is 28.5 Å². The Morgan fingerprint density at radius 3 is 1.35 bits per heavy atom. The SMILES string of the molecule is CC(=O)N[C@H](CC(C)C)C(=O)N[C@@H](Cc1ccc(OCc2ccccc2)cc1)C(=O)N[C@@H](CC(=O)OC(C)(C)C)C(=O)NCCOCCN=[N+]=[N-].CC(=O)OC(C)=O.CC(C)(C)OC(=O)C[C@@H]1NC(=O)OC1=O.CC(C)C[C@H]1NC(=O)OC1=O.O=C(O)C(Cl)Cl.O=C1N[C@@H](Cc2ccc(OCc3ccccc3)cc2)C(=O)O1.[N-]=[N+]=NCCOCCN. The number of nitrogens with two attached hydrogens (primary N) is 1. The van der Waals surface area contributed by atoms with Crippen molar-refractivity contribution < 1.29 is 124 Å². The number of nitrogens with zero attached hydrogens (tertiary/aromatic N) is 6. The number of hydrogen-bond acceptors (Lipinski definition) is 28. The molecule has 0 radical (unpaired) electrons. The van der Waals surface area contributed by atoms with Gasteiger partial charge in [-0.1, -0.05) is 146 Å². The Hall–Kier alpha value is -12.2. The Balaban J connectivity index is 0.000000844. The summed E-state index contributed by atoms with van der Waals surface area (Å²) in [5.41, 5.74) is 23.5. The maximum Gasteiger partial charge on any atom is 0.415 e. The lowest BCUT2D eigenvalue weighted by Gasteiger charge is -2.26. The highest BCUT2D eigenvalue weighted by atomic mass is 35.5. The lowest BCUT2D eigenvalue weighted by molar-refractivity contribution is -0.157. The Bertz CT molecular complexity index is 4070. The third-order valence-corrected chi connectivity index (χ3v) is 14.9. The quantitative estimate of drug-likeness (QED) is 0.00302. The summed E-state index contributed by atoms with van der Waals surface area (Å²) in [4.78, 5) is 175. The molecule has 0 aromatic heterocycles. The zero-order chi connectivity index (χ0) is 91.2. The standard InChI is InChI=1S/C36H51N7O8.C17H15NO4.C9H13NO5.C7H11NO3.C4H10N4O.C4H6O3.C2H2Cl2O2/c1-24(2)20-29(40-25(3)44)34(47)41-30(21-26-12-14-28(15-13-26)50-23-27-10-8-7-9-11-27)35(48)42-31(22-32(45)51-36(4,5)6)33(46)38-16-18-49-19-17-39-43-37;19-16-15(18-17(20)22-16)10-12-6-8-14(9-7-12)21-11-13-4-2-1-3-5-13;1-9(2,3)15-6(11)4-5-7(12)14-8(13)10-5;1-4(2)3-5-6(9)11-7(10)8-5;5-1-3-9-4-2-7-8-6;1-3(5)7-4(2)6;3-1(4)2(5)6/h7-15,24,29-31H,16-23H2,1-6H3,(H,38,46)(H,40,44)(H,41,47)(H,42,48);1-9,15H,10-11H2,(H,18,20);5H,4H2,1-3H3,(H,10,13);4-5H,3H2,1-2H3,(H,8,10);1-5H2;1-2H3;1H,(H,5,6)/t29-,30+,31+;15-;2*5-;;;/m1001.../s1. The van der Waals surface area contributed by atoms with E-state index in [4.69, 9.17) is 73.5 Å². The first-order chi connectivity index (χ1) is 56.9. The number of cyclic esters (lactones) is 6. The van der Waals surface area contributed by atoms with Gasteiger partial charge in [0.1, 0.15) is 72.2 Å². The first-order valence-corrected chi connectivity index (χ1v) is 38.5. The van der Waals surface area contributed by atoms with Crippen molar-refractivity contribution in [2.75, 3.05) is 52.6 Å². The molecule has 7 amide bonds. The van der Waals surface area contributed by atoms with Crippen molar-refractivity contribution in [1.29, 1.82) is 0 Å². The lowest BCUT2D eigenvalue weighted by atomic mass is 10.0. The molecule has 6 atom stereocenters. The monoisotopic (exact) mass is 1740 g/mol. The summed E-state index contributed by atoms with van der Waals surface area (Å²) in [6.07, 6.45) is -1.43. The van der Waals surface area contributed by atoms with E-state index < -0.39 is 148 Å². The second kappa shape index (κ2) is 58.7. The molecular formula is C79H108Cl2N14O26. The number of nitrogens with one attached hydrogen (secondary N) is 7. The van der Waals surface area contributed by atoms with Crippen LogP contribution in [-0.4, -0.2) is 200 Å². The fourth-order valence-corrected chi connectivity index (χ4v) is 9.64. The molecule has 0 spiro atoms. The van der Waals surface area contributed by atoms with Gasteiger partial charge in [-0.25, -0.2) is 33.6 Å². The average molecular weight is 1740 g/mol. The van der Waals surface area contributed by atoms with Crippen LogP contribution in [0, 0.1) is 11.8 Å². The van der Waals surface area contributed by atoms with E-state index >= 15 is 0 Å². The van der Waals surface area contributed by atoms with Gasteiger partial charge in [0.25, 0.3) is 0 Å². The van der Waals surface area contributed by atoms with Gasteiger partial charge in [-0.05, 0) is 124 Å². The Kier molecular flexibility index (Phi) is 51.8. The van der Waals surface area contributed by atoms with E-state index in [-0.39, 0.29) is 45.1 Å². The number of halogens is 2. The number of ether oxygens (including phenoxy) is 10. The molecule has 42 heteroatoms. The summed E-state index contributed by atoms with van der Waals surface area (Å²) in [7, 11) is 0. The number of aliphatic carboxylic acids is 1. The summed E-state index contributed by atoms with van der Waals surface area (Å²) in [5.74, 6) is -5.93. The molecule has 3 heterocycles. The number of carboxylic acids is 1. The largest absolute Gasteiger partial charge is 0.489 e.